The molecule has 0 spiro atoms. The first-order valence-corrected chi connectivity index (χ1v) is 44.3. The van der Waals surface area contributed by atoms with E-state index in [9.17, 15) is 69.0 Å². The number of hydroxylamine groups is 2. The smallest absolute Gasteiger partial charge is 0.461 e. The molecule has 0 bridgehead atoms. The molecule has 5 N–H and O–H groups in total. The van der Waals surface area contributed by atoms with Crippen LogP contribution in [0.15, 0.2) is 54.6 Å². The number of Topliss-reactive ketones (excluding diaryl/α,β-unsaturated/α-hetero) is 2. The highest BCUT2D eigenvalue weighted by molar-refractivity contribution is 6.62. The average molecular weight is 1710 g/mol. The van der Waals surface area contributed by atoms with Crippen molar-refractivity contribution in [1.29, 1.82) is 0 Å². The normalized spacial score (nSPS) is 13.1. The van der Waals surface area contributed by atoms with Gasteiger partial charge in [-0.1, -0.05) is 13.8 Å². The van der Waals surface area contributed by atoms with E-state index in [1.807, 2.05) is 187 Å². The van der Waals surface area contributed by atoms with Crippen LogP contribution in [0, 0.1) is 30.3 Å². The first-order chi connectivity index (χ1) is 53.0. The largest absolute Gasteiger partial charge is 0.503 e. The van der Waals surface area contributed by atoms with Gasteiger partial charge in [-0.2, -0.15) is 9.59 Å². The van der Waals surface area contributed by atoms with Gasteiger partial charge in [0.1, 0.15) is 13.2 Å². The molecule has 34 nitrogen and oxygen atoms in total. The zero-order chi connectivity index (χ0) is 91.7. The molecule has 0 atom stereocenters. The van der Waals surface area contributed by atoms with Gasteiger partial charge in [-0.25, -0.2) is 4.79 Å². The number of nitro benzene ring substituents is 3. The third-order valence-corrected chi connectivity index (χ3v) is 24.9. The maximum atomic E-state index is 13.0. The Morgan fingerprint density at radius 3 is 0.915 bits per heavy atom. The van der Waals surface area contributed by atoms with Gasteiger partial charge in [0.2, 0.25) is 0 Å². The molecular formula is C80H134N6O28Si3. The van der Waals surface area contributed by atoms with Crippen molar-refractivity contribution < 1.29 is 117 Å². The number of rotatable bonds is 33. The molecule has 1 fully saturated rings. The van der Waals surface area contributed by atoms with Crippen LogP contribution in [0.3, 0.4) is 0 Å². The van der Waals surface area contributed by atoms with Crippen molar-refractivity contribution in [2.24, 2.45) is 11.5 Å². The van der Waals surface area contributed by atoms with Crippen LogP contribution in [0.25, 0.3) is 0 Å². The van der Waals surface area contributed by atoms with E-state index in [0.29, 0.717) is 53.7 Å². The molecule has 117 heavy (non-hydrogen) atoms. The highest BCUT2D eigenvalue weighted by Gasteiger charge is 2.53. The number of esters is 2. The van der Waals surface area contributed by atoms with Gasteiger partial charge in [-0.05, 0) is 250 Å². The standard InChI is InChI=1S/C26H43NO8Si.C23H39NO7Si.C15H14N2O8.C14H33NO3Si.CH5N.CO2/c1-11-23(29)32-18-20-17-19(14-15-21(20)27(30)31)22(28)13-12-16-36(33-24(2,3)4,34-25(5,6)7)35-26(8,9)10;1-21(2,3)29-32(30-22(4,5)6,31-23(7,8)9)14-10-11-20(26)17-12-13-19(24(27)28)18(15-17)16-25;1-2-14(20)24-8-10-7-9(3-4-11(10)17(22)23)15(21)25-16-12(18)5-6-13(16)19;1-12(2,3)16-19(11-10-15,17-13(4,5)6)18-14(7,8)9;1-2;2-1-3/h14-15,17H,11-13,16,18H2,1-10H3;12-13,15,25H,10-11,14,16H2,1-9H3;3-4,7H,2,5-6,8H2,1H3;10-11,15H2,1-9H3;2H2,1H3;. The van der Waals surface area contributed by atoms with Gasteiger partial charge in [0.15, 0.2) is 11.6 Å². The number of aliphatic hydroxyl groups excluding tert-OH is 1. The monoisotopic (exact) mass is 1710 g/mol. The quantitative estimate of drug-likeness (QED) is 0.0127. The summed E-state index contributed by atoms with van der Waals surface area (Å²) in [5, 5.41) is 43.3. The number of nitrogens with zero attached hydrogens (tertiary/aromatic N) is 4. The molecule has 664 valence electrons. The lowest BCUT2D eigenvalue weighted by Gasteiger charge is -2.43. The first-order valence-electron chi connectivity index (χ1n) is 38.5. The Kier molecular flexibility index (Phi) is 45.6. The summed E-state index contributed by atoms with van der Waals surface area (Å²) >= 11 is 0. The van der Waals surface area contributed by atoms with Crippen molar-refractivity contribution in [3.05, 3.63) is 118 Å². The SMILES string of the molecule is CC(C)(C)O[Si](CCCC(=O)c1ccc([N+](=O)[O-])c(CO)c1)(OC(C)(C)C)OC(C)(C)C.CC(C)(C)O[Si](CCN)(OC(C)(C)C)OC(C)(C)C.CCC(=O)OCc1cc(C(=O)CCC[Si](OC(C)(C)C)(OC(C)(C)C)OC(C)(C)C)ccc1[N+](=O)[O-].CCC(=O)OCc1cc(C(=O)ON2C(=O)CCC2=O)ccc1[N+](=O)[O-].CN.O=C=O. The zero-order valence-electron chi connectivity index (χ0n) is 74.7. The molecular weight excluding hydrogens is 1580 g/mol. The molecule has 37 heteroatoms. The summed E-state index contributed by atoms with van der Waals surface area (Å²) in [6, 6.07) is 13.0. The number of carbonyl (C=O) groups excluding carboxylic acids is 9. The minimum Gasteiger partial charge on any atom is -0.461 e. The van der Waals surface area contributed by atoms with E-state index in [1.54, 1.807) is 13.8 Å². The molecule has 1 aliphatic rings. The fourth-order valence-corrected chi connectivity index (χ4v) is 21.9. The van der Waals surface area contributed by atoms with Crippen molar-refractivity contribution >= 4 is 90.9 Å². The van der Waals surface area contributed by atoms with Crippen LogP contribution in [-0.2, 0) is 103 Å². The number of hydrogen-bond donors (Lipinski definition) is 3. The maximum absolute atomic E-state index is 13.0. The van der Waals surface area contributed by atoms with Crippen LogP contribution < -0.4 is 11.5 Å². The molecule has 0 aromatic heterocycles. The summed E-state index contributed by atoms with van der Waals surface area (Å²) in [6.45, 7) is 55.7. The zero-order valence-corrected chi connectivity index (χ0v) is 77.7. The third kappa shape index (κ3) is 47.6. The predicted molar refractivity (Wildman–Crippen MR) is 442 cm³/mol. The number of nitro groups is 3. The summed E-state index contributed by atoms with van der Waals surface area (Å²) in [5.74, 6) is -3.69. The summed E-state index contributed by atoms with van der Waals surface area (Å²) in [6.07, 6.45) is 1.69. The number of carbonyl (C=O) groups is 7. The molecule has 1 aliphatic heterocycles. The van der Waals surface area contributed by atoms with E-state index >= 15 is 0 Å². The molecule has 0 saturated carbocycles. The van der Waals surface area contributed by atoms with Gasteiger partial charge in [0.25, 0.3) is 28.9 Å². The lowest BCUT2D eigenvalue weighted by Crippen LogP contribution is -2.57. The van der Waals surface area contributed by atoms with Gasteiger partial charge in [-0.3, -0.25) is 59.1 Å². The van der Waals surface area contributed by atoms with E-state index in [1.165, 1.54) is 43.4 Å². The lowest BCUT2D eigenvalue weighted by molar-refractivity contribution is -0.386. The van der Waals surface area contributed by atoms with E-state index in [0.717, 1.165) is 18.2 Å². The second kappa shape index (κ2) is 47.9. The lowest BCUT2D eigenvalue weighted by atomic mass is 10.0. The predicted octanol–water partition coefficient (Wildman–Crippen LogP) is 15.4. The molecule has 1 heterocycles. The molecule has 1 saturated heterocycles. The minimum absolute atomic E-state index is 0.0136. The Labute approximate surface area is 693 Å². The molecule has 0 unspecified atom stereocenters. The second-order valence-corrected chi connectivity index (χ2v) is 43.0. The fourth-order valence-electron chi connectivity index (χ4n) is 10.7. The van der Waals surface area contributed by atoms with E-state index < -0.39 is 118 Å². The van der Waals surface area contributed by atoms with E-state index in [4.69, 9.17) is 69.5 Å². The van der Waals surface area contributed by atoms with Crippen LogP contribution in [-0.4, -0.2) is 163 Å². The number of imide groups is 1. The average Bonchev–Trinajstić information content (AvgIpc) is 1.13. The summed E-state index contributed by atoms with van der Waals surface area (Å²) in [5.41, 5.74) is 6.32. The number of ketones is 2. The molecule has 3 aromatic rings. The van der Waals surface area contributed by atoms with Crippen molar-refractivity contribution in [3.63, 3.8) is 0 Å². The summed E-state index contributed by atoms with van der Waals surface area (Å²) in [7, 11) is -7.75. The molecule has 4 rings (SSSR count). The first kappa shape index (κ1) is 111. The number of ether oxygens (including phenoxy) is 2. The Morgan fingerprint density at radius 2 is 0.675 bits per heavy atom. The topological polar surface area (TPSA) is 469 Å². The Bertz CT molecular complexity index is 3650. The Hall–Kier alpha value is -7.70. The number of aliphatic hydroxyl groups is 1. The van der Waals surface area contributed by atoms with Gasteiger partial charge in [0.05, 0.1) is 94.0 Å². The summed E-state index contributed by atoms with van der Waals surface area (Å²) in [4.78, 5) is 136. The Morgan fingerprint density at radius 1 is 0.436 bits per heavy atom. The highest BCUT2D eigenvalue weighted by atomic mass is 28.4. The minimum atomic E-state index is -3.23. The van der Waals surface area contributed by atoms with Crippen LogP contribution >= 0.6 is 0 Å². The number of amides is 2. The molecule has 0 aliphatic carbocycles. The van der Waals surface area contributed by atoms with Crippen LogP contribution in [0.2, 0.25) is 18.1 Å². The maximum Gasteiger partial charge on any atom is 0.503 e. The molecule has 0 radical (unpaired) electrons. The second-order valence-electron chi connectivity index (χ2n) is 35.6. The highest BCUT2D eigenvalue weighted by Crippen LogP contribution is 2.37. The number of hydrogen-bond acceptors (Lipinski definition) is 30. The summed E-state index contributed by atoms with van der Waals surface area (Å²) < 4.78 is 67.2. The number of nitrogens with two attached hydrogens (primary N) is 2. The van der Waals surface area contributed by atoms with Crippen LogP contribution in [0.4, 0.5) is 17.1 Å². The third-order valence-electron chi connectivity index (χ3n) is 13.8. The van der Waals surface area contributed by atoms with E-state index in [2.05, 4.69) is 5.73 Å². The van der Waals surface area contributed by atoms with Crippen LogP contribution in [0.1, 0.15) is 300 Å². The van der Waals surface area contributed by atoms with Crippen molar-refractivity contribution in [2.75, 3.05) is 13.6 Å². The fraction of sp³-hybridized carbons (Fsp3) is 0.675. The van der Waals surface area contributed by atoms with Crippen molar-refractivity contribution in [1.82, 2.24) is 5.06 Å². The molecule has 3 aromatic carbocycles. The van der Waals surface area contributed by atoms with Gasteiger partial charge < -0.3 is 70.7 Å². The van der Waals surface area contributed by atoms with Crippen molar-refractivity contribution in [3.8, 4) is 0 Å². The molecule has 2 amide bonds. The van der Waals surface area contributed by atoms with Gasteiger partial charge in [0, 0.05) is 86.0 Å². The van der Waals surface area contributed by atoms with Crippen molar-refractivity contribution in [2.45, 2.75) is 341 Å². The van der Waals surface area contributed by atoms with Gasteiger partial charge >= 0.3 is 50.5 Å². The number of benzene rings is 3. The van der Waals surface area contributed by atoms with Crippen LogP contribution in [0.5, 0.6) is 0 Å². The Balaban J connectivity index is 0. The van der Waals surface area contributed by atoms with Gasteiger partial charge in [-0.15, -0.1) is 5.06 Å². The van der Waals surface area contributed by atoms with E-state index in [-0.39, 0.29) is 119 Å².